The molecule has 3 atom stereocenters. The molecule has 0 radical (unpaired) electrons. The number of hydrogen-bond acceptors (Lipinski definition) is 6. The molecule has 2 aromatic rings. The Hall–Kier alpha value is -2.84. The smallest absolute Gasteiger partial charge is 0.294 e. The van der Waals surface area contributed by atoms with E-state index in [0.29, 0.717) is 60.7 Å². The standard InChI is InChI=1S/C25H26Cl2N4O4/c1-15-2-5-18-19(12-15)25(33)30(24(18)32)17-4-7-22(23(14-17)31(34)35)29-10-8-28(9-11-29)16-3-6-20(26)21(27)13-16/h3-4,6-7,13-15,18-19H,2,5,8-12H2,1H3/t15-,18-,19-/m1/s1. The first-order chi connectivity index (χ1) is 16.7. The van der Waals surface area contributed by atoms with Gasteiger partial charge in [-0.05, 0) is 55.5 Å². The Morgan fingerprint density at radius 2 is 1.51 bits per heavy atom. The number of nitrogens with zero attached hydrogens (tertiary/aromatic N) is 4. The lowest BCUT2D eigenvalue weighted by atomic mass is 9.76. The summed E-state index contributed by atoms with van der Waals surface area (Å²) in [7, 11) is 0. The number of piperazine rings is 1. The van der Waals surface area contributed by atoms with Gasteiger partial charge in [-0.2, -0.15) is 0 Å². The van der Waals surface area contributed by atoms with Crippen molar-refractivity contribution in [1.82, 2.24) is 0 Å². The van der Waals surface area contributed by atoms with E-state index in [0.717, 1.165) is 12.1 Å². The molecule has 0 unspecified atom stereocenters. The van der Waals surface area contributed by atoms with Crippen LogP contribution in [0.15, 0.2) is 36.4 Å². The zero-order valence-corrected chi connectivity index (χ0v) is 20.8. The second-order valence-corrected chi connectivity index (χ2v) is 10.5. The summed E-state index contributed by atoms with van der Waals surface area (Å²) in [6, 6.07) is 10.2. The van der Waals surface area contributed by atoms with Crippen LogP contribution in [0.5, 0.6) is 0 Å². The Morgan fingerprint density at radius 1 is 0.857 bits per heavy atom. The molecule has 0 N–H and O–H groups in total. The molecule has 3 aliphatic rings. The predicted molar refractivity (Wildman–Crippen MR) is 136 cm³/mol. The Balaban J connectivity index is 1.36. The van der Waals surface area contributed by atoms with Gasteiger partial charge in [-0.25, -0.2) is 4.90 Å². The van der Waals surface area contributed by atoms with E-state index in [2.05, 4.69) is 11.8 Å². The number of hydrogen-bond donors (Lipinski definition) is 0. The number of nitro benzene ring substituents is 1. The summed E-state index contributed by atoms with van der Waals surface area (Å²) >= 11 is 12.2. The molecule has 2 aromatic carbocycles. The summed E-state index contributed by atoms with van der Waals surface area (Å²) in [6.45, 7) is 4.55. The van der Waals surface area contributed by atoms with Gasteiger partial charge >= 0.3 is 0 Å². The average Bonchev–Trinajstić information content (AvgIpc) is 3.09. The van der Waals surface area contributed by atoms with E-state index in [1.165, 1.54) is 11.0 Å². The first-order valence-corrected chi connectivity index (χ1v) is 12.6. The van der Waals surface area contributed by atoms with E-state index >= 15 is 0 Å². The van der Waals surface area contributed by atoms with E-state index in [1.54, 1.807) is 18.2 Å². The fourth-order valence-electron chi connectivity index (χ4n) is 5.60. The van der Waals surface area contributed by atoms with Crippen molar-refractivity contribution < 1.29 is 14.5 Å². The fourth-order valence-corrected chi connectivity index (χ4v) is 5.89. The quantitative estimate of drug-likeness (QED) is 0.317. The molecule has 35 heavy (non-hydrogen) atoms. The fraction of sp³-hybridized carbons (Fsp3) is 0.440. The van der Waals surface area contributed by atoms with Gasteiger partial charge < -0.3 is 9.80 Å². The normalized spacial score (nSPS) is 24.7. The summed E-state index contributed by atoms with van der Waals surface area (Å²) < 4.78 is 0. The maximum atomic E-state index is 13.1. The molecule has 3 fully saturated rings. The van der Waals surface area contributed by atoms with Crippen molar-refractivity contribution >= 4 is 57.8 Å². The number of carbonyl (C=O) groups excluding carboxylic acids is 2. The van der Waals surface area contributed by atoms with Gasteiger partial charge in [0, 0.05) is 37.9 Å². The van der Waals surface area contributed by atoms with Crippen molar-refractivity contribution in [3.05, 3.63) is 56.6 Å². The SMILES string of the molecule is C[C@@H]1CC[C@H]2C(=O)N(c3ccc(N4CCN(c5ccc(Cl)c(Cl)c5)CC4)c([N+](=O)[O-])c3)C(=O)[C@@H]2C1. The minimum Gasteiger partial charge on any atom is -0.368 e. The van der Waals surface area contributed by atoms with Crippen LogP contribution in [-0.4, -0.2) is 42.9 Å². The maximum absolute atomic E-state index is 13.1. The van der Waals surface area contributed by atoms with Gasteiger partial charge in [-0.1, -0.05) is 30.1 Å². The number of halogens is 2. The van der Waals surface area contributed by atoms with Crippen LogP contribution in [0.25, 0.3) is 0 Å². The highest BCUT2D eigenvalue weighted by atomic mass is 35.5. The van der Waals surface area contributed by atoms with Crippen LogP contribution in [0.1, 0.15) is 26.2 Å². The molecular weight excluding hydrogens is 491 g/mol. The molecule has 2 aliphatic heterocycles. The highest BCUT2D eigenvalue weighted by Gasteiger charge is 2.50. The van der Waals surface area contributed by atoms with Crippen molar-refractivity contribution in [3.63, 3.8) is 0 Å². The number of benzene rings is 2. The minimum absolute atomic E-state index is 0.102. The summed E-state index contributed by atoms with van der Waals surface area (Å²) in [5, 5.41) is 13.0. The number of amides is 2. The van der Waals surface area contributed by atoms with Crippen molar-refractivity contribution in [3.8, 4) is 0 Å². The lowest BCUT2D eigenvalue weighted by Crippen LogP contribution is -2.46. The van der Waals surface area contributed by atoms with E-state index in [1.807, 2.05) is 17.0 Å². The molecule has 1 aliphatic carbocycles. The Kier molecular flexibility index (Phi) is 6.36. The number of imide groups is 1. The molecule has 0 aromatic heterocycles. The van der Waals surface area contributed by atoms with E-state index < -0.39 is 4.92 Å². The molecule has 0 bridgehead atoms. The Morgan fingerprint density at radius 3 is 2.20 bits per heavy atom. The number of anilines is 3. The van der Waals surface area contributed by atoms with Crippen LogP contribution in [0, 0.1) is 27.9 Å². The number of rotatable bonds is 4. The molecule has 10 heteroatoms. The lowest BCUT2D eigenvalue weighted by Gasteiger charge is -2.37. The third-order valence-electron chi connectivity index (χ3n) is 7.49. The van der Waals surface area contributed by atoms with Crippen LogP contribution in [0.3, 0.4) is 0 Å². The Bertz CT molecular complexity index is 1200. The minimum atomic E-state index is -0.440. The predicted octanol–water partition coefficient (Wildman–Crippen LogP) is 5.15. The molecule has 5 rings (SSSR count). The zero-order chi connectivity index (χ0) is 24.9. The Labute approximate surface area is 213 Å². The van der Waals surface area contributed by atoms with Crippen molar-refractivity contribution in [2.45, 2.75) is 26.2 Å². The summed E-state index contributed by atoms with van der Waals surface area (Å²) in [5.74, 6) is -0.702. The second-order valence-electron chi connectivity index (χ2n) is 9.65. The topological polar surface area (TPSA) is 87.0 Å². The molecule has 2 amide bonds. The maximum Gasteiger partial charge on any atom is 0.294 e. The van der Waals surface area contributed by atoms with Crippen molar-refractivity contribution in [1.29, 1.82) is 0 Å². The monoisotopic (exact) mass is 516 g/mol. The third kappa shape index (κ3) is 4.34. The number of fused-ring (bicyclic) bond motifs is 1. The molecule has 2 heterocycles. The zero-order valence-electron chi connectivity index (χ0n) is 19.3. The van der Waals surface area contributed by atoms with Gasteiger partial charge in [0.2, 0.25) is 11.8 Å². The summed E-state index contributed by atoms with van der Waals surface area (Å²) in [4.78, 5) is 43.0. The largest absolute Gasteiger partial charge is 0.368 e. The highest BCUT2D eigenvalue weighted by molar-refractivity contribution is 6.42. The van der Waals surface area contributed by atoms with Gasteiger partial charge in [-0.3, -0.25) is 19.7 Å². The first kappa shape index (κ1) is 23.9. The average molecular weight is 517 g/mol. The number of carbonyl (C=O) groups is 2. The van der Waals surface area contributed by atoms with Gasteiger partial charge in [0.25, 0.3) is 5.69 Å². The van der Waals surface area contributed by atoms with E-state index in [-0.39, 0.29) is 35.0 Å². The van der Waals surface area contributed by atoms with Crippen LogP contribution in [0.4, 0.5) is 22.7 Å². The van der Waals surface area contributed by atoms with Crippen molar-refractivity contribution in [2.75, 3.05) is 40.9 Å². The molecule has 0 spiro atoms. The molecule has 184 valence electrons. The van der Waals surface area contributed by atoms with Gasteiger partial charge in [0.15, 0.2) is 0 Å². The third-order valence-corrected chi connectivity index (χ3v) is 8.23. The van der Waals surface area contributed by atoms with Crippen LogP contribution in [-0.2, 0) is 9.59 Å². The van der Waals surface area contributed by atoms with Gasteiger partial charge in [0.1, 0.15) is 5.69 Å². The first-order valence-electron chi connectivity index (χ1n) is 11.9. The van der Waals surface area contributed by atoms with Crippen molar-refractivity contribution in [2.24, 2.45) is 17.8 Å². The van der Waals surface area contributed by atoms with Crippen LogP contribution < -0.4 is 14.7 Å². The molecule has 2 saturated heterocycles. The lowest BCUT2D eigenvalue weighted by molar-refractivity contribution is -0.384. The molecule has 1 saturated carbocycles. The van der Waals surface area contributed by atoms with E-state index in [9.17, 15) is 19.7 Å². The van der Waals surface area contributed by atoms with Crippen LogP contribution in [0.2, 0.25) is 10.0 Å². The van der Waals surface area contributed by atoms with E-state index in [4.69, 9.17) is 23.2 Å². The summed E-state index contributed by atoms with van der Waals surface area (Å²) in [6.07, 6.45) is 2.30. The number of nitro groups is 1. The molecular formula is C25H26Cl2N4O4. The summed E-state index contributed by atoms with van der Waals surface area (Å²) in [5.41, 5.74) is 1.62. The molecule has 8 nitrogen and oxygen atoms in total. The second kappa shape index (κ2) is 9.32. The van der Waals surface area contributed by atoms with Gasteiger partial charge in [0.05, 0.1) is 32.5 Å². The highest BCUT2D eigenvalue weighted by Crippen LogP contribution is 2.43. The van der Waals surface area contributed by atoms with Gasteiger partial charge in [-0.15, -0.1) is 0 Å². The van der Waals surface area contributed by atoms with Crippen LogP contribution >= 0.6 is 23.2 Å².